The number of rotatable bonds is 7. The van der Waals surface area contributed by atoms with Crippen LogP contribution in [0.25, 0.3) is 0 Å². The summed E-state index contributed by atoms with van der Waals surface area (Å²) in [6, 6.07) is 7.49. The Hall–Kier alpha value is -2.23. The van der Waals surface area contributed by atoms with Crippen molar-refractivity contribution in [2.45, 2.75) is 32.0 Å². The minimum absolute atomic E-state index is 0.250. The molecule has 1 aliphatic rings. The van der Waals surface area contributed by atoms with Gasteiger partial charge in [0, 0.05) is 16.4 Å². The second-order valence-corrected chi connectivity index (χ2v) is 7.86. The van der Waals surface area contributed by atoms with Gasteiger partial charge in [0.1, 0.15) is 23.1 Å². The third-order valence-corrected chi connectivity index (χ3v) is 5.42. The highest BCUT2D eigenvalue weighted by atomic mass is 35.5. The summed E-state index contributed by atoms with van der Waals surface area (Å²) in [6.07, 6.45) is 2.19. The molecule has 0 aliphatic heterocycles. The van der Waals surface area contributed by atoms with Crippen LogP contribution in [0.3, 0.4) is 0 Å². The van der Waals surface area contributed by atoms with E-state index in [1.54, 1.807) is 29.6 Å². The quantitative estimate of drug-likeness (QED) is 0.565. The van der Waals surface area contributed by atoms with Crippen molar-refractivity contribution in [3.05, 3.63) is 56.0 Å². The fraction of sp³-hybridized carbons (Fsp3) is 0.294. The van der Waals surface area contributed by atoms with Gasteiger partial charge >= 0.3 is 0 Å². The van der Waals surface area contributed by atoms with E-state index in [4.69, 9.17) is 28.6 Å². The summed E-state index contributed by atoms with van der Waals surface area (Å²) >= 11 is 12.5. The van der Waals surface area contributed by atoms with Gasteiger partial charge in [-0.25, -0.2) is 4.98 Å². The molecule has 0 unspecified atom stereocenters. The molecule has 1 fully saturated rings. The molecule has 0 spiro atoms. The van der Waals surface area contributed by atoms with Gasteiger partial charge in [-0.3, -0.25) is 14.5 Å². The van der Waals surface area contributed by atoms with Crippen molar-refractivity contribution in [2.75, 3.05) is 0 Å². The second kappa shape index (κ2) is 7.79. The van der Waals surface area contributed by atoms with E-state index < -0.39 is 0 Å². The highest BCUT2D eigenvalue weighted by molar-refractivity contribution is 7.71. The number of carbonyl (C=O) groups excluding carboxylic acids is 1. The fourth-order valence-electron chi connectivity index (χ4n) is 2.58. The van der Waals surface area contributed by atoms with Crippen molar-refractivity contribution in [3.63, 3.8) is 0 Å². The normalized spacial score (nSPS) is 13.5. The Morgan fingerprint density at radius 2 is 2.19 bits per heavy atom. The lowest BCUT2D eigenvalue weighted by Gasteiger charge is -2.06. The molecule has 2 aromatic heterocycles. The SMILES string of the molecule is O=C(NCc1n[nH]c(=S)n1C1CC1)c1csc(COc2ccc(Cl)cc2)n1. The van der Waals surface area contributed by atoms with Gasteiger partial charge in [-0.15, -0.1) is 11.3 Å². The van der Waals surface area contributed by atoms with Crippen LogP contribution in [0, 0.1) is 4.77 Å². The topological polar surface area (TPSA) is 84.8 Å². The fourth-order valence-corrected chi connectivity index (χ4v) is 3.69. The van der Waals surface area contributed by atoms with Gasteiger partial charge in [0.05, 0.1) is 6.54 Å². The molecule has 4 rings (SSSR count). The molecule has 2 heterocycles. The molecule has 10 heteroatoms. The van der Waals surface area contributed by atoms with E-state index in [-0.39, 0.29) is 5.91 Å². The van der Waals surface area contributed by atoms with Crippen molar-refractivity contribution < 1.29 is 9.53 Å². The zero-order valence-corrected chi connectivity index (χ0v) is 16.5. The van der Waals surface area contributed by atoms with Crippen LogP contribution in [0.1, 0.15) is 40.2 Å². The van der Waals surface area contributed by atoms with E-state index in [1.165, 1.54) is 11.3 Å². The lowest BCUT2D eigenvalue weighted by atomic mass is 10.3. The third-order valence-electron chi connectivity index (χ3n) is 4.06. The molecule has 7 nitrogen and oxygen atoms in total. The predicted molar refractivity (Wildman–Crippen MR) is 105 cm³/mol. The van der Waals surface area contributed by atoms with Crippen molar-refractivity contribution in [1.29, 1.82) is 0 Å². The molecular formula is C17H16ClN5O2S2. The summed E-state index contributed by atoms with van der Waals surface area (Å²) in [5.74, 6) is 1.18. The van der Waals surface area contributed by atoms with Crippen LogP contribution in [-0.4, -0.2) is 25.7 Å². The molecule has 1 amide bonds. The minimum Gasteiger partial charge on any atom is -0.486 e. The molecule has 2 N–H and O–H groups in total. The number of hydrogen-bond donors (Lipinski definition) is 2. The van der Waals surface area contributed by atoms with E-state index in [0.29, 0.717) is 40.4 Å². The Bertz CT molecular complexity index is 1010. The molecular weight excluding hydrogens is 406 g/mol. The van der Waals surface area contributed by atoms with E-state index in [2.05, 4.69) is 20.5 Å². The summed E-state index contributed by atoms with van der Waals surface area (Å²) in [5.41, 5.74) is 0.363. The minimum atomic E-state index is -0.250. The summed E-state index contributed by atoms with van der Waals surface area (Å²) in [6.45, 7) is 0.594. The van der Waals surface area contributed by atoms with Crippen LogP contribution < -0.4 is 10.1 Å². The van der Waals surface area contributed by atoms with Gasteiger partial charge in [0.25, 0.3) is 5.91 Å². The number of amides is 1. The Kier molecular flexibility index (Phi) is 5.24. The number of aromatic amines is 1. The van der Waals surface area contributed by atoms with E-state index in [1.807, 2.05) is 4.57 Å². The van der Waals surface area contributed by atoms with Gasteiger partial charge in [0.2, 0.25) is 0 Å². The van der Waals surface area contributed by atoms with Crippen LogP contribution in [-0.2, 0) is 13.2 Å². The maximum atomic E-state index is 12.4. The molecule has 0 saturated heterocycles. The first-order chi connectivity index (χ1) is 13.1. The number of nitrogens with zero attached hydrogens (tertiary/aromatic N) is 3. The van der Waals surface area contributed by atoms with E-state index >= 15 is 0 Å². The van der Waals surface area contributed by atoms with Gasteiger partial charge in [0.15, 0.2) is 10.6 Å². The lowest BCUT2D eigenvalue weighted by molar-refractivity contribution is 0.0944. The molecule has 140 valence electrons. The average Bonchev–Trinajstić information content (AvgIpc) is 3.26. The van der Waals surface area contributed by atoms with Gasteiger partial charge in [-0.1, -0.05) is 11.6 Å². The van der Waals surface area contributed by atoms with Gasteiger partial charge in [-0.05, 0) is 49.3 Å². The number of ether oxygens (including phenoxy) is 1. The predicted octanol–water partition coefficient (Wildman–Crippen LogP) is 3.89. The van der Waals surface area contributed by atoms with Crippen molar-refractivity contribution in [2.24, 2.45) is 0 Å². The van der Waals surface area contributed by atoms with Crippen LogP contribution >= 0.6 is 35.2 Å². The lowest BCUT2D eigenvalue weighted by Crippen LogP contribution is -2.25. The Balaban J connectivity index is 1.33. The first kappa shape index (κ1) is 18.1. The number of halogens is 1. The third kappa shape index (κ3) is 4.37. The number of thiazole rings is 1. The molecule has 1 aliphatic carbocycles. The Labute approximate surface area is 169 Å². The number of carbonyl (C=O) groups is 1. The summed E-state index contributed by atoms with van der Waals surface area (Å²) < 4.78 is 8.22. The zero-order chi connectivity index (χ0) is 18.8. The number of benzene rings is 1. The number of hydrogen-bond acceptors (Lipinski definition) is 6. The molecule has 0 atom stereocenters. The smallest absolute Gasteiger partial charge is 0.271 e. The van der Waals surface area contributed by atoms with Crippen molar-refractivity contribution >= 4 is 41.1 Å². The summed E-state index contributed by atoms with van der Waals surface area (Å²) in [5, 5.41) is 12.9. The largest absolute Gasteiger partial charge is 0.486 e. The highest BCUT2D eigenvalue weighted by Gasteiger charge is 2.27. The number of H-pyrrole nitrogens is 1. The first-order valence-electron chi connectivity index (χ1n) is 8.37. The van der Waals surface area contributed by atoms with Gasteiger partial charge in [-0.2, -0.15) is 5.10 Å². The maximum Gasteiger partial charge on any atom is 0.271 e. The monoisotopic (exact) mass is 421 g/mol. The van der Waals surface area contributed by atoms with Crippen molar-refractivity contribution in [1.82, 2.24) is 25.1 Å². The Morgan fingerprint density at radius 1 is 1.41 bits per heavy atom. The summed E-state index contributed by atoms with van der Waals surface area (Å²) in [7, 11) is 0. The van der Waals surface area contributed by atoms with Crippen molar-refractivity contribution in [3.8, 4) is 5.75 Å². The van der Waals surface area contributed by atoms with E-state index in [0.717, 1.165) is 23.7 Å². The highest BCUT2D eigenvalue weighted by Crippen LogP contribution is 2.35. The van der Waals surface area contributed by atoms with Crippen LogP contribution in [0.15, 0.2) is 29.6 Å². The molecule has 27 heavy (non-hydrogen) atoms. The van der Waals surface area contributed by atoms with E-state index in [9.17, 15) is 4.79 Å². The number of nitrogens with one attached hydrogen (secondary N) is 2. The second-order valence-electron chi connectivity index (χ2n) is 6.10. The van der Waals surface area contributed by atoms with Crippen LogP contribution in [0.4, 0.5) is 0 Å². The average molecular weight is 422 g/mol. The van der Waals surface area contributed by atoms with Crippen LogP contribution in [0.5, 0.6) is 5.75 Å². The standard InChI is InChI=1S/C17H16ClN5O2S2/c18-10-1-5-12(6-2-10)25-8-15-20-13(9-27-15)16(24)19-7-14-21-22-17(26)23(14)11-3-4-11/h1-2,5-6,9,11H,3-4,7-8H2,(H,19,24)(H,22,26). The Morgan fingerprint density at radius 3 is 2.93 bits per heavy atom. The molecule has 1 saturated carbocycles. The molecule has 3 aromatic rings. The molecule has 1 aromatic carbocycles. The maximum absolute atomic E-state index is 12.4. The number of aromatic nitrogens is 4. The van der Waals surface area contributed by atoms with Crippen LogP contribution in [0.2, 0.25) is 5.02 Å². The zero-order valence-electron chi connectivity index (χ0n) is 14.1. The molecule has 0 radical (unpaired) electrons. The first-order valence-corrected chi connectivity index (χ1v) is 10.0. The molecule has 0 bridgehead atoms. The summed E-state index contributed by atoms with van der Waals surface area (Å²) in [4.78, 5) is 16.7. The van der Waals surface area contributed by atoms with Gasteiger partial charge < -0.3 is 10.1 Å².